The summed E-state index contributed by atoms with van der Waals surface area (Å²) < 4.78 is 25.5. The number of nitrogens with zero attached hydrogens (tertiary/aromatic N) is 4. The van der Waals surface area contributed by atoms with Gasteiger partial charge in [0.1, 0.15) is 11.5 Å². The van der Waals surface area contributed by atoms with Crippen LogP contribution in [0.25, 0.3) is 11.3 Å². The van der Waals surface area contributed by atoms with Gasteiger partial charge < -0.3 is 24.0 Å². The second-order valence-corrected chi connectivity index (χ2v) is 9.95. The van der Waals surface area contributed by atoms with Gasteiger partial charge in [-0.15, -0.1) is 0 Å². The number of ether oxygens (including phenoxy) is 1. The molecule has 0 radical (unpaired) electrons. The first-order valence-electron chi connectivity index (χ1n) is 12.7. The number of anilines is 1. The lowest BCUT2D eigenvalue weighted by atomic mass is 10.0. The summed E-state index contributed by atoms with van der Waals surface area (Å²) in [5.41, 5.74) is 2.39. The summed E-state index contributed by atoms with van der Waals surface area (Å²) in [7, 11) is 2.12. The molecule has 1 saturated carbocycles. The van der Waals surface area contributed by atoms with Crippen LogP contribution in [-0.4, -0.2) is 73.3 Å². The Hall–Kier alpha value is -2.45. The predicted octanol–water partition coefficient (Wildman–Crippen LogP) is 3.93. The Bertz CT molecular complexity index is 959. The van der Waals surface area contributed by atoms with E-state index < -0.39 is 0 Å². The minimum atomic E-state index is -0.287. The first-order valence-corrected chi connectivity index (χ1v) is 12.7. The molecule has 2 saturated heterocycles. The number of piperazine rings is 1. The van der Waals surface area contributed by atoms with Crippen molar-refractivity contribution < 1.29 is 18.4 Å². The summed E-state index contributed by atoms with van der Waals surface area (Å²) in [5, 5.41) is 4.43. The van der Waals surface area contributed by atoms with Crippen LogP contribution < -0.4 is 4.90 Å². The van der Waals surface area contributed by atoms with E-state index in [0.717, 1.165) is 88.3 Å². The Morgan fingerprint density at radius 1 is 1.09 bits per heavy atom. The van der Waals surface area contributed by atoms with Gasteiger partial charge in [-0.05, 0) is 57.0 Å². The van der Waals surface area contributed by atoms with E-state index in [0.29, 0.717) is 18.8 Å². The molecule has 184 valence electrons. The van der Waals surface area contributed by atoms with E-state index in [9.17, 15) is 9.18 Å². The molecule has 2 aromatic rings. The standard InChI is InChI=1S/C26H35FN4O3/c1-29-12-14-30(15-13-29)26-23(24(28-34-26)19-8-10-21(27)11-9-19)18-31(17-22-7-4-16-33-22)25(32)20-5-2-3-6-20/h8-11,20,22H,2-7,12-18H2,1H3. The van der Waals surface area contributed by atoms with Crippen molar-refractivity contribution in [2.75, 3.05) is 51.3 Å². The fourth-order valence-electron chi connectivity index (χ4n) is 5.42. The van der Waals surface area contributed by atoms with E-state index in [1.165, 1.54) is 12.1 Å². The largest absolute Gasteiger partial charge is 0.376 e. The zero-order chi connectivity index (χ0) is 23.5. The maximum absolute atomic E-state index is 13.6. The second kappa shape index (κ2) is 10.4. The van der Waals surface area contributed by atoms with Crippen LogP contribution >= 0.6 is 0 Å². The lowest BCUT2D eigenvalue weighted by Crippen LogP contribution is -2.45. The van der Waals surface area contributed by atoms with Crippen LogP contribution in [0, 0.1) is 11.7 Å². The van der Waals surface area contributed by atoms with Crippen molar-refractivity contribution in [3.8, 4) is 11.3 Å². The fourth-order valence-corrected chi connectivity index (χ4v) is 5.42. The van der Waals surface area contributed by atoms with E-state index in [-0.39, 0.29) is 23.7 Å². The molecule has 8 heteroatoms. The van der Waals surface area contributed by atoms with E-state index in [4.69, 9.17) is 9.26 Å². The van der Waals surface area contributed by atoms with E-state index in [1.807, 2.05) is 4.90 Å². The maximum Gasteiger partial charge on any atom is 0.232 e. The minimum Gasteiger partial charge on any atom is -0.376 e. The molecule has 2 aliphatic heterocycles. The van der Waals surface area contributed by atoms with Gasteiger partial charge in [0.2, 0.25) is 11.8 Å². The van der Waals surface area contributed by atoms with Gasteiger partial charge in [-0.25, -0.2) is 4.39 Å². The molecular weight excluding hydrogens is 435 g/mol. The molecule has 0 bridgehead atoms. The van der Waals surface area contributed by atoms with Gasteiger partial charge >= 0.3 is 0 Å². The van der Waals surface area contributed by atoms with Gasteiger partial charge in [0, 0.05) is 50.8 Å². The zero-order valence-electron chi connectivity index (χ0n) is 20.0. The van der Waals surface area contributed by atoms with Crippen LogP contribution in [-0.2, 0) is 16.1 Å². The van der Waals surface area contributed by atoms with Gasteiger partial charge in [-0.1, -0.05) is 18.0 Å². The molecule has 3 heterocycles. The van der Waals surface area contributed by atoms with Gasteiger partial charge in [-0.2, -0.15) is 0 Å². The minimum absolute atomic E-state index is 0.0755. The maximum atomic E-state index is 13.6. The van der Waals surface area contributed by atoms with Crippen molar-refractivity contribution in [3.63, 3.8) is 0 Å². The molecule has 1 atom stereocenters. The Morgan fingerprint density at radius 3 is 2.50 bits per heavy atom. The van der Waals surface area contributed by atoms with Crippen LogP contribution in [0.3, 0.4) is 0 Å². The molecule has 0 spiro atoms. The Labute approximate surface area is 200 Å². The third kappa shape index (κ3) is 5.13. The first kappa shape index (κ1) is 23.3. The van der Waals surface area contributed by atoms with Crippen molar-refractivity contribution in [1.82, 2.24) is 15.0 Å². The van der Waals surface area contributed by atoms with Crippen molar-refractivity contribution in [2.45, 2.75) is 51.2 Å². The Balaban J connectivity index is 1.48. The van der Waals surface area contributed by atoms with E-state index in [1.54, 1.807) is 12.1 Å². The molecule has 3 aliphatic rings. The van der Waals surface area contributed by atoms with Gasteiger partial charge in [0.15, 0.2) is 0 Å². The molecule has 1 aromatic carbocycles. The monoisotopic (exact) mass is 470 g/mol. The number of amides is 1. The molecule has 7 nitrogen and oxygen atoms in total. The highest BCUT2D eigenvalue weighted by molar-refractivity contribution is 5.80. The fraction of sp³-hybridized carbons (Fsp3) is 0.615. The van der Waals surface area contributed by atoms with Crippen LogP contribution in [0.1, 0.15) is 44.1 Å². The molecular formula is C26H35FN4O3. The molecule has 1 aromatic heterocycles. The molecule has 34 heavy (non-hydrogen) atoms. The van der Waals surface area contributed by atoms with Crippen molar-refractivity contribution in [1.29, 1.82) is 0 Å². The molecule has 5 rings (SSSR count). The number of likely N-dealkylation sites (N-methyl/N-ethyl adjacent to an activating group) is 1. The van der Waals surface area contributed by atoms with Crippen molar-refractivity contribution >= 4 is 11.8 Å². The van der Waals surface area contributed by atoms with E-state index >= 15 is 0 Å². The van der Waals surface area contributed by atoms with Crippen LogP contribution in [0.4, 0.5) is 10.3 Å². The Kier molecular flexibility index (Phi) is 7.15. The highest BCUT2D eigenvalue weighted by Gasteiger charge is 2.33. The number of halogens is 1. The number of benzene rings is 1. The Morgan fingerprint density at radius 2 is 1.82 bits per heavy atom. The van der Waals surface area contributed by atoms with E-state index in [2.05, 4.69) is 22.0 Å². The van der Waals surface area contributed by atoms with Crippen LogP contribution in [0.15, 0.2) is 28.8 Å². The SMILES string of the molecule is CN1CCN(c2onc(-c3ccc(F)cc3)c2CN(CC2CCCO2)C(=O)C2CCCC2)CC1. The lowest BCUT2D eigenvalue weighted by Gasteiger charge is -2.33. The molecule has 3 fully saturated rings. The third-order valence-corrected chi connectivity index (χ3v) is 7.49. The summed E-state index contributed by atoms with van der Waals surface area (Å²) in [6, 6.07) is 6.34. The number of hydrogen-bond acceptors (Lipinski definition) is 6. The number of aromatic nitrogens is 1. The molecule has 1 unspecified atom stereocenters. The van der Waals surface area contributed by atoms with Crippen molar-refractivity contribution in [2.24, 2.45) is 5.92 Å². The topological polar surface area (TPSA) is 62.1 Å². The summed E-state index contributed by atoms with van der Waals surface area (Å²) in [4.78, 5) is 20.1. The highest BCUT2D eigenvalue weighted by Crippen LogP contribution is 2.35. The number of hydrogen-bond donors (Lipinski definition) is 0. The average Bonchev–Trinajstić information content (AvgIpc) is 3.62. The summed E-state index contributed by atoms with van der Waals surface area (Å²) in [6.07, 6.45) is 6.24. The smallest absolute Gasteiger partial charge is 0.232 e. The highest BCUT2D eigenvalue weighted by atomic mass is 19.1. The number of rotatable bonds is 7. The van der Waals surface area contributed by atoms with Gasteiger partial charge in [0.25, 0.3) is 0 Å². The lowest BCUT2D eigenvalue weighted by molar-refractivity contribution is -0.137. The average molecular weight is 471 g/mol. The summed E-state index contributed by atoms with van der Waals surface area (Å²) in [5.74, 6) is 0.736. The molecule has 0 N–H and O–H groups in total. The molecule has 1 amide bonds. The van der Waals surface area contributed by atoms with Crippen LogP contribution in [0.2, 0.25) is 0 Å². The number of carbonyl (C=O) groups excluding carboxylic acids is 1. The van der Waals surface area contributed by atoms with Crippen LogP contribution in [0.5, 0.6) is 0 Å². The van der Waals surface area contributed by atoms with Gasteiger partial charge in [0.05, 0.1) is 18.2 Å². The number of carbonyl (C=O) groups is 1. The summed E-state index contributed by atoms with van der Waals surface area (Å²) >= 11 is 0. The molecule has 1 aliphatic carbocycles. The first-order chi connectivity index (χ1) is 16.6. The normalized spacial score (nSPS) is 21.9. The van der Waals surface area contributed by atoms with Gasteiger partial charge in [-0.3, -0.25) is 4.79 Å². The third-order valence-electron chi connectivity index (χ3n) is 7.49. The van der Waals surface area contributed by atoms with Crippen molar-refractivity contribution in [3.05, 3.63) is 35.6 Å². The predicted molar refractivity (Wildman–Crippen MR) is 128 cm³/mol. The second-order valence-electron chi connectivity index (χ2n) is 9.95. The summed E-state index contributed by atoms with van der Waals surface area (Å²) in [6.45, 7) is 5.32. The zero-order valence-corrected chi connectivity index (χ0v) is 20.0. The quantitative estimate of drug-likeness (QED) is 0.611.